The van der Waals surface area contributed by atoms with Crippen LogP contribution in [0.2, 0.25) is 0 Å². The maximum Gasteiger partial charge on any atom is 0.286 e. The summed E-state index contributed by atoms with van der Waals surface area (Å²) in [6.45, 7) is 6.18. The molecule has 10 nitrogen and oxygen atoms in total. The molecule has 1 aliphatic rings. The maximum atomic E-state index is 13.0. The fourth-order valence-corrected chi connectivity index (χ4v) is 3.15. The van der Waals surface area contributed by atoms with Gasteiger partial charge in [-0.15, -0.1) is 0 Å². The van der Waals surface area contributed by atoms with E-state index in [4.69, 9.17) is 4.52 Å². The summed E-state index contributed by atoms with van der Waals surface area (Å²) in [6, 6.07) is -0.328. The quantitative estimate of drug-likeness (QED) is 0.747. The fourth-order valence-electron chi connectivity index (χ4n) is 3.15. The predicted molar refractivity (Wildman–Crippen MR) is 89.7 cm³/mol. The van der Waals surface area contributed by atoms with Crippen molar-refractivity contribution in [2.24, 2.45) is 0 Å². The third-order valence-corrected chi connectivity index (χ3v) is 4.49. The molecule has 4 rings (SSSR count). The normalized spacial score (nSPS) is 17.5. The van der Waals surface area contributed by atoms with Crippen LogP contribution in [0.1, 0.15) is 66.5 Å². The molecule has 0 aliphatic carbocycles. The van der Waals surface area contributed by atoms with Crippen molar-refractivity contribution in [3.05, 3.63) is 39.7 Å². The minimum absolute atomic E-state index is 0.0124. The molecule has 0 radical (unpaired) electrons. The summed E-state index contributed by atoms with van der Waals surface area (Å²) >= 11 is 0. The molecule has 4 heterocycles. The van der Waals surface area contributed by atoms with Crippen LogP contribution >= 0.6 is 0 Å². The van der Waals surface area contributed by atoms with E-state index in [2.05, 4.69) is 25.2 Å². The molecule has 1 amide bonds. The highest BCUT2D eigenvalue weighted by molar-refractivity contribution is 5.94. The van der Waals surface area contributed by atoms with E-state index < -0.39 is 11.5 Å². The Morgan fingerprint density at radius 2 is 2.19 bits per heavy atom. The molecule has 3 aromatic rings. The van der Waals surface area contributed by atoms with Gasteiger partial charge in [-0.25, -0.2) is 4.98 Å². The summed E-state index contributed by atoms with van der Waals surface area (Å²) in [5.41, 5.74) is -0.485. The van der Waals surface area contributed by atoms with Crippen molar-refractivity contribution in [1.29, 1.82) is 0 Å². The van der Waals surface area contributed by atoms with Crippen LogP contribution in [-0.4, -0.2) is 47.1 Å². The molecule has 26 heavy (non-hydrogen) atoms. The second-order valence-corrected chi connectivity index (χ2v) is 6.72. The number of carbonyl (C=O) groups excluding carboxylic acids is 1. The Balaban J connectivity index is 1.68. The van der Waals surface area contributed by atoms with Gasteiger partial charge in [0.2, 0.25) is 5.89 Å². The van der Waals surface area contributed by atoms with Crippen LogP contribution in [-0.2, 0) is 0 Å². The first kappa shape index (κ1) is 16.4. The number of likely N-dealkylation sites (tertiary alicyclic amines) is 1. The van der Waals surface area contributed by atoms with E-state index >= 15 is 0 Å². The van der Waals surface area contributed by atoms with Gasteiger partial charge in [0, 0.05) is 18.7 Å². The number of hydrogen-bond acceptors (Lipinski definition) is 7. The zero-order chi connectivity index (χ0) is 18.4. The molecule has 3 aromatic heterocycles. The Morgan fingerprint density at radius 3 is 2.92 bits per heavy atom. The summed E-state index contributed by atoms with van der Waals surface area (Å²) < 4.78 is 6.54. The summed E-state index contributed by atoms with van der Waals surface area (Å²) in [4.78, 5) is 39.8. The number of carbonyl (C=O) groups is 1. The van der Waals surface area contributed by atoms with Crippen molar-refractivity contribution >= 4 is 11.7 Å². The van der Waals surface area contributed by atoms with Gasteiger partial charge in [-0.05, 0) is 19.8 Å². The molecule has 1 fully saturated rings. The highest BCUT2D eigenvalue weighted by Gasteiger charge is 2.36. The van der Waals surface area contributed by atoms with Gasteiger partial charge in [-0.1, -0.05) is 19.0 Å². The smallest absolute Gasteiger partial charge is 0.286 e. The van der Waals surface area contributed by atoms with Gasteiger partial charge in [0.15, 0.2) is 5.82 Å². The zero-order valence-electron chi connectivity index (χ0n) is 14.8. The monoisotopic (exact) mass is 357 g/mol. The van der Waals surface area contributed by atoms with Crippen LogP contribution in [0, 0.1) is 6.92 Å². The molecule has 0 saturated carbocycles. The van der Waals surface area contributed by atoms with Gasteiger partial charge >= 0.3 is 0 Å². The number of nitrogens with zero attached hydrogens (tertiary/aromatic N) is 6. The number of rotatable bonds is 3. The molecule has 0 bridgehead atoms. The van der Waals surface area contributed by atoms with E-state index in [1.807, 2.05) is 13.8 Å². The van der Waals surface area contributed by atoms with Crippen molar-refractivity contribution in [2.45, 2.75) is 45.6 Å². The molecule has 1 N–H and O–H groups in total. The Labute approximate surface area is 148 Å². The zero-order valence-corrected chi connectivity index (χ0v) is 14.8. The lowest BCUT2D eigenvalue weighted by Gasteiger charge is -2.21. The molecule has 136 valence electrons. The van der Waals surface area contributed by atoms with Crippen LogP contribution in [0.25, 0.3) is 5.78 Å². The number of amides is 1. The Bertz CT molecular complexity index is 1030. The first-order chi connectivity index (χ1) is 12.5. The molecule has 1 saturated heterocycles. The van der Waals surface area contributed by atoms with E-state index in [1.165, 1.54) is 10.7 Å². The van der Waals surface area contributed by atoms with Gasteiger partial charge in [0.1, 0.15) is 17.4 Å². The SMILES string of the molecule is Cc1nc2ncc(C(=O)N3CCC[C@H]3c3nc(C(C)C)no3)c(=O)n2[nH]1. The largest absolute Gasteiger partial charge is 0.337 e. The summed E-state index contributed by atoms with van der Waals surface area (Å²) in [5, 5.41) is 6.76. The summed E-state index contributed by atoms with van der Waals surface area (Å²) in [6.07, 6.45) is 2.80. The van der Waals surface area contributed by atoms with Gasteiger partial charge in [0.25, 0.3) is 17.2 Å². The standard InChI is InChI=1S/C16H19N7O3/c1-8(2)12-19-13(26-21-12)11-5-4-6-22(11)14(24)10-7-17-16-18-9(3)20-23(16)15(10)25/h7-8,11H,4-6H2,1-3H3,(H,17,18,20)/t11-/m0/s1. The Hall–Kier alpha value is -3.04. The minimum Gasteiger partial charge on any atom is -0.337 e. The van der Waals surface area contributed by atoms with E-state index in [0.29, 0.717) is 30.5 Å². The molecule has 0 aromatic carbocycles. The van der Waals surface area contributed by atoms with Crippen LogP contribution in [0.4, 0.5) is 0 Å². The molecule has 0 unspecified atom stereocenters. The van der Waals surface area contributed by atoms with Crippen LogP contribution in [0.5, 0.6) is 0 Å². The molecule has 1 aliphatic heterocycles. The van der Waals surface area contributed by atoms with Crippen LogP contribution in [0.15, 0.2) is 15.5 Å². The maximum absolute atomic E-state index is 13.0. The van der Waals surface area contributed by atoms with Gasteiger partial charge < -0.3 is 9.42 Å². The van der Waals surface area contributed by atoms with Crippen LogP contribution in [0.3, 0.4) is 0 Å². The average molecular weight is 357 g/mol. The predicted octanol–water partition coefficient (Wildman–Crippen LogP) is 1.21. The third-order valence-electron chi connectivity index (χ3n) is 4.49. The molecular formula is C16H19N7O3. The van der Waals surface area contributed by atoms with Gasteiger partial charge in [-0.2, -0.15) is 14.5 Å². The first-order valence-electron chi connectivity index (χ1n) is 8.54. The van der Waals surface area contributed by atoms with E-state index in [1.54, 1.807) is 11.8 Å². The number of aromatic nitrogens is 6. The van der Waals surface area contributed by atoms with Crippen LogP contribution < -0.4 is 5.56 Å². The fraction of sp³-hybridized carbons (Fsp3) is 0.500. The topological polar surface area (TPSA) is 122 Å². The second kappa shape index (κ2) is 6.04. The highest BCUT2D eigenvalue weighted by Crippen LogP contribution is 2.32. The number of nitrogens with one attached hydrogen (secondary N) is 1. The summed E-state index contributed by atoms with van der Waals surface area (Å²) in [5.74, 6) is 1.54. The lowest BCUT2D eigenvalue weighted by atomic mass is 10.2. The molecule has 0 spiro atoms. The van der Waals surface area contributed by atoms with Crippen molar-refractivity contribution in [1.82, 2.24) is 34.6 Å². The number of fused-ring (bicyclic) bond motifs is 1. The van der Waals surface area contributed by atoms with Crippen molar-refractivity contribution in [2.75, 3.05) is 6.54 Å². The molecular weight excluding hydrogens is 338 g/mol. The van der Waals surface area contributed by atoms with E-state index in [0.717, 1.165) is 6.42 Å². The Kier molecular flexibility index (Phi) is 3.82. The van der Waals surface area contributed by atoms with Gasteiger partial charge in [-0.3, -0.25) is 14.7 Å². The van der Waals surface area contributed by atoms with Crippen molar-refractivity contribution < 1.29 is 9.32 Å². The minimum atomic E-state index is -0.473. The van der Waals surface area contributed by atoms with Gasteiger partial charge in [0.05, 0.1) is 0 Å². The van der Waals surface area contributed by atoms with Crippen molar-refractivity contribution in [3.63, 3.8) is 0 Å². The number of hydrogen-bond donors (Lipinski definition) is 1. The average Bonchev–Trinajstić information content (AvgIpc) is 3.32. The number of aryl methyl sites for hydroxylation is 1. The first-order valence-corrected chi connectivity index (χ1v) is 8.54. The van der Waals surface area contributed by atoms with E-state index in [9.17, 15) is 9.59 Å². The lowest BCUT2D eigenvalue weighted by Crippen LogP contribution is -2.35. The lowest BCUT2D eigenvalue weighted by molar-refractivity contribution is 0.0707. The number of aromatic amines is 1. The number of H-pyrrole nitrogens is 1. The van der Waals surface area contributed by atoms with E-state index in [-0.39, 0.29) is 23.3 Å². The summed E-state index contributed by atoms with van der Waals surface area (Å²) in [7, 11) is 0. The second-order valence-electron chi connectivity index (χ2n) is 6.72. The van der Waals surface area contributed by atoms with Crippen molar-refractivity contribution in [3.8, 4) is 0 Å². The molecule has 10 heteroatoms. The Morgan fingerprint density at radius 1 is 1.38 bits per heavy atom. The highest BCUT2D eigenvalue weighted by atomic mass is 16.5. The third kappa shape index (κ3) is 2.57. The molecule has 1 atom stereocenters.